The Labute approximate surface area is 57.0 Å². The number of nitrogens with one attached hydrogen (secondary N) is 1. The van der Waals surface area contributed by atoms with Crippen molar-refractivity contribution in [2.45, 2.75) is 26.4 Å². The van der Waals surface area contributed by atoms with E-state index in [0.717, 1.165) is 0 Å². The van der Waals surface area contributed by atoms with Crippen LogP contribution in [0, 0.1) is 0 Å². The van der Waals surface area contributed by atoms with E-state index in [0.29, 0.717) is 0 Å². The van der Waals surface area contributed by atoms with Crippen LogP contribution in [0.2, 0.25) is 0 Å². The molecule has 0 aliphatic carbocycles. The van der Waals surface area contributed by atoms with Crippen molar-refractivity contribution in [2.24, 2.45) is 0 Å². The zero-order valence-corrected chi connectivity index (χ0v) is 6.63. The fourth-order valence-corrected chi connectivity index (χ4v) is 0.306. The molecule has 1 N–H and O–H groups in total. The number of rotatable bonds is 1. The van der Waals surface area contributed by atoms with Gasteiger partial charge < -0.3 is 0 Å². The van der Waals surface area contributed by atoms with E-state index in [1.165, 1.54) is 0 Å². The van der Waals surface area contributed by atoms with E-state index in [1.54, 1.807) is 7.05 Å². The minimum atomic E-state index is -0.0608. The van der Waals surface area contributed by atoms with Crippen LogP contribution in [0.5, 0.6) is 0 Å². The predicted octanol–water partition coefficient (Wildman–Crippen LogP) is 1.36. The number of hydroxylamine groups is 1. The molecule has 0 heterocycles. The molecule has 0 aromatic carbocycles. The Morgan fingerprint density at radius 2 is 1.62 bits per heavy atom. The van der Waals surface area contributed by atoms with Gasteiger partial charge in [0.1, 0.15) is 0 Å². The lowest BCUT2D eigenvalue weighted by molar-refractivity contribution is -0.0614. The smallest absolute Gasteiger partial charge is 0.0812 e. The number of hydrogen-bond donors (Lipinski definition) is 1. The van der Waals surface area contributed by atoms with E-state index in [2.05, 4.69) is 5.48 Å². The third kappa shape index (κ3) is 9.51. The predicted molar refractivity (Wildman–Crippen MR) is 37.1 cm³/mol. The van der Waals surface area contributed by atoms with Gasteiger partial charge in [0.15, 0.2) is 0 Å². The average molecular weight is 140 g/mol. The molecule has 0 saturated carbocycles. The third-order valence-corrected chi connectivity index (χ3v) is 0.408. The maximum Gasteiger partial charge on any atom is 0.0812 e. The van der Waals surface area contributed by atoms with Crippen LogP contribution < -0.4 is 5.48 Å². The molecule has 0 aromatic rings. The second-order valence-electron chi connectivity index (χ2n) is 2.42. The maximum atomic E-state index is 4.98. The van der Waals surface area contributed by atoms with Gasteiger partial charge in [-0.15, -0.1) is 12.4 Å². The van der Waals surface area contributed by atoms with Gasteiger partial charge in [0.05, 0.1) is 5.60 Å². The normalized spacial score (nSPS) is 10.5. The quantitative estimate of drug-likeness (QED) is 0.554. The van der Waals surface area contributed by atoms with E-state index in [4.69, 9.17) is 4.84 Å². The first-order valence-electron chi connectivity index (χ1n) is 2.41. The lowest BCUT2D eigenvalue weighted by atomic mass is 10.2. The molecule has 0 fully saturated rings. The van der Waals surface area contributed by atoms with Crippen molar-refractivity contribution < 1.29 is 4.84 Å². The highest BCUT2D eigenvalue weighted by Gasteiger charge is 2.07. The van der Waals surface area contributed by atoms with Crippen LogP contribution >= 0.6 is 12.4 Å². The van der Waals surface area contributed by atoms with E-state index in [-0.39, 0.29) is 18.0 Å². The molecule has 0 bridgehead atoms. The summed E-state index contributed by atoms with van der Waals surface area (Å²) in [5.74, 6) is 0. The van der Waals surface area contributed by atoms with Crippen LogP contribution in [0.3, 0.4) is 0 Å². The molecule has 2 nitrogen and oxygen atoms in total. The molecule has 0 aliphatic heterocycles. The van der Waals surface area contributed by atoms with Crippen molar-refractivity contribution in [3.63, 3.8) is 0 Å². The minimum Gasteiger partial charge on any atom is -0.296 e. The first-order valence-corrected chi connectivity index (χ1v) is 2.41. The van der Waals surface area contributed by atoms with Crippen molar-refractivity contribution in [1.82, 2.24) is 5.48 Å². The Bertz CT molecular complexity index is 50.9. The van der Waals surface area contributed by atoms with Gasteiger partial charge in [-0.3, -0.25) is 4.84 Å². The third-order valence-electron chi connectivity index (χ3n) is 0.408. The highest BCUT2D eigenvalue weighted by Crippen LogP contribution is 2.01. The number of hydrogen-bond acceptors (Lipinski definition) is 2. The second kappa shape index (κ2) is 4.13. The lowest BCUT2D eigenvalue weighted by Crippen LogP contribution is -2.26. The summed E-state index contributed by atoms with van der Waals surface area (Å²) in [5.41, 5.74) is 2.55. The highest BCUT2D eigenvalue weighted by molar-refractivity contribution is 5.85. The molecule has 0 rings (SSSR count). The summed E-state index contributed by atoms with van der Waals surface area (Å²) < 4.78 is 0. The van der Waals surface area contributed by atoms with E-state index >= 15 is 0 Å². The van der Waals surface area contributed by atoms with Crippen molar-refractivity contribution >= 4 is 12.4 Å². The Morgan fingerprint density at radius 3 is 1.62 bits per heavy atom. The SMILES string of the molecule is CNOC(C)(C)C.Cl. The molecule has 0 radical (unpaired) electrons. The lowest BCUT2D eigenvalue weighted by Gasteiger charge is -2.16. The van der Waals surface area contributed by atoms with Gasteiger partial charge in [0.2, 0.25) is 0 Å². The Balaban J connectivity index is 0. The molecule has 0 atom stereocenters. The largest absolute Gasteiger partial charge is 0.296 e. The van der Waals surface area contributed by atoms with E-state index in [9.17, 15) is 0 Å². The first kappa shape index (κ1) is 11.1. The van der Waals surface area contributed by atoms with Gasteiger partial charge in [0, 0.05) is 7.05 Å². The first-order chi connectivity index (χ1) is 3.06. The maximum absolute atomic E-state index is 4.98. The Morgan fingerprint density at radius 1 is 1.25 bits per heavy atom. The van der Waals surface area contributed by atoms with Gasteiger partial charge in [-0.1, -0.05) is 0 Å². The monoisotopic (exact) mass is 139 g/mol. The van der Waals surface area contributed by atoms with Crippen molar-refractivity contribution in [2.75, 3.05) is 7.05 Å². The molecule has 0 spiro atoms. The highest BCUT2D eigenvalue weighted by atomic mass is 35.5. The molecule has 3 heteroatoms. The molecule has 0 aliphatic rings. The van der Waals surface area contributed by atoms with E-state index in [1.807, 2.05) is 20.8 Å². The second-order valence-corrected chi connectivity index (χ2v) is 2.42. The summed E-state index contributed by atoms with van der Waals surface area (Å²) in [6, 6.07) is 0. The van der Waals surface area contributed by atoms with Crippen LogP contribution in [-0.4, -0.2) is 12.6 Å². The molecule has 0 aromatic heterocycles. The Kier molecular flexibility index (Phi) is 5.71. The van der Waals surface area contributed by atoms with Gasteiger partial charge in [-0.2, -0.15) is 0 Å². The standard InChI is InChI=1S/C5H13NO.ClH/c1-5(2,3)7-6-4;/h6H,1-4H3;1H. The number of halogens is 1. The van der Waals surface area contributed by atoms with Gasteiger partial charge >= 0.3 is 0 Å². The van der Waals surface area contributed by atoms with Crippen molar-refractivity contribution in [3.05, 3.63) is 0 Å². The molecule has 8 heavy (non-hydrogen) atoms. The molecule has 0 saturated heterocycles. The van der Waals surface area contributed by atoms with Gasteiger partial charge in [0.25, 0.3) is 0 Å². The summed E-state index contributed by atoms with van der Waals surface area (Å²) >= 11 is 0. The van der Waals surface area contributed by atoms with Gasteiger partial charge in [-0.25, -0.2) is 5.48 Å². The molecule has 0 unspecified atom stereocenters. The van der Waals surface area contributed by atoms with Crippen LogP contribution in [-0.2, 0) is 4.84 Å². The van der Waals surface area contributed by atoms with Crippen molar-refractivity contribution in [3.8, 4) is 0 Å². The molecular weight excluding hydrogens is 126 g/mol. The minimum absolute atomic E-state index is 0. The molecule has 0 amide bonds. The van der Waals surface area contributed by atoms with Crippen molar-refractivity contribution in [1.29, 1.82) is 0 Å². The van der Waals surface area contributed by atoms with Crippen LogP contribution in [0.4, 0.5) is 0 Å². The van der Waals surface area contributed by atoms with Crippen LogP contribution in [0.25, 0.3) is 0 Å². The zero-order chi connectivity index (χ0) is 5.91. The molecule has 52 valence electrons. The summed E-state index contributed by atoms with van der Waals surface area (Å²) in [6.07, 6.45) is 0. The topological polar surface area (TPSA) is 21.3 Å². The summed E-state index contributed by atoms with van der Waals surface area (Å²) in [6.45, 7) is 5.97. The molecular formula is C5H14ClNO. The van der Waals surface area contributed by atoms with E-state index < -0.39 is 0 Å². The summed E-state index contributed by atoms with van der Waals surface area (Å²) in [4.78, 5) is 4.98. The Hall–Kier alpha value is 0.210. The fourth-order valence-electron chi connectivity index (χ4n) is 0.306. The van der Waals surface area contributed by atoms with Gasteiger partial charge in [-0.05, 0) is 20.8 Å². The average Bonchev–Trinajstić information content (AvgIpc) is 1.30. The zero-order valence-electron chi connectivity index (χ0n) is 5.82. The summed E-state index contributed by atoms with van der Waals surface area (Å²) in [7, 11) is 1.76. The fraction of sp³-hybridized carbons (Fsp3) is 1.00. The summed E-state index contributed by atoms with van der Waals surface area (Å²) in [5, 5.41) is 0. The van der Waals surface area contributed by atoms with Crippen LogP contribution in [0.15, 0.2) is 0 Å². The van der Waals surface area contributed by atoms with Crippen LogP contribution in [0.1, 0.15) is 20.8 Å².